The van der Waals surface area contributed by atoms with Crippen molar-refractivity contribution in [3.63, 3.8) is 0 Å². The third-order valence-electron chi connectivity index (χ3n) is 3.69. The lowest BCUT2D eigenvalue weighted by atomic mass is 9.74. The van der Waals surface area contributed by atoms with Crippen LogP contribution in [-0.2, 0) is 0 Å². The van der Waals surface area contributed by atoms with Gasteiger partial charge in [0.2, 0.25) is 0 Å². The Morgan fingerprint density at radius 2 is 1.31 bits per heavy atom. The van der Waals surface area contributed by atoms with Gasteiger partial charge in [0.05, 0.1) is 2.74 Å². The molecule has 1 aliphatic carbocycles. The molecular weight excluding hydrogens is 192 g/mol. The average Bonchev–Trinajstić information content (AvgIpc) is 2.39. The maximum atomic E-state index is 8.15. The van der Waals surface area contributed by atoms with Crippen LogP contribution < -0.4 is 0 Å². The highest BCUT2D eigenvalue weighted by Crippen LogP contribution is 2.42. The molecule has 2 aromatic rings. The summed E-state index contributed by atoms with van der Waals surface area (Å²) in [6.45, 7) is 4.33. The van der Waals surface area contributed by atoms with E-state index in [1.807, 2.05) is 6.07 Å². The standard InChI is InChI=1S/C16H16/c1-11-13-7-3-5-9-15(13)12(2)16-10-6-4-8-14(11)16/h3-12H,1-2H3/i3D,7D. The van der Waals surface area contributed by atoms with Gasteiger partial charge < -0.3 is 0 Å². The van der Waals surface area contributed by atoms with Crippen molar-refractivity contribution in [1.82, 2.24) is 0 Å². The summed E-state index contributed by atoms with van der Waals surface area (Å²) in [5.74, 6) is 0.530. The molecule has 0 amide bonds. The van der Waals surface area contributed by atoms with E-state index in [-0.39, 0.29) is 5.92 Å². The Labute approximate surface area is 99.8 Å². The molecule has 0 aliphatic heterocycles. The number of hydrogen-bond acceptors (Lipinski definition) is 0. The fourth-order valence-electron chi connectivity index (χ4n) is 2.77. The molecule has 0 spiro atoms. The van der Waals surface area contributed by atoms with E-state index in [4.69, 9.17) is 2.74 Å². The van der Waals surface area contributed by atoms with Gasteiger partial charge in [0.1, 0.15) is 0 Å². The SMILES string of the molecule is [2H]c1ccc2c(c1[2H])C(C)c1ccccc1C2C. The minimum atomic E-state index is 0.213. The van der Waals surface area contributed by atoms with Gasteiger partial charge in [0, 0.05) is 11.8 Å². The molecule has 0 aromatic heterocycles. The summed E-state index contributed by atoms with van der Waals surface area (Å²) in [4.78, 5) is 0. The van der Waals surface area contributed by atoms with Gasteiger partial charge in [-0.1, -0.05) is 62.3 Å². The number of hydrogen-bond donors (Lipinski definition) is 0. The van der Waals surface area contributed by atoms with E-state index in [9.17, 15) is 0 Å². The molecule has 2 aromatic carbocycles. The van der Waals surface area contributed by atoms with Crippen LogP contribution in [0.5, 0.6) is 0 Å². The zero-order valence-corrected chi connectivity index (χ0v) is 9.62. The molecular formula is C16H16. The summed E-state index contributed by atoms with van der Waals surface area (Å²) in [6.07, 6.45) is 0. The summed E-state index contributed by atoms with van der Waals surface area (Å²) in [5, 5.41) is 0. The molecule has 0 heteroatoms. The Morgan fingerprint density at radius 1 is 0.812 bits per heavy atom. The van der Waals surface area contributed by atoms with E-state index in [2.05, 4.69) is 38.1 Å². The van der Waals surface area contributed by atoms with Gasteiger partial charge in [-0.3, -0.25) is 0 Å². The van der Waals surface area contributed by atoms with Crippen LogP contribution in [0.3, 0.4) is 0 Å². The van der Waals surface area contributed by atoms with Gasteiger partial charge >= 0.3 is 0 Å². The molecule has 16 heavy (non-hydrogen) atoms. The van der Waals surface area contributed by atoms with Crippen LogP contribution in [0.2, 0.25) is 0 Å². The molecule has 1 aliphatic rings. The Hall–Kier alpha value is -1.56. The highest BCUT2D eigenvalue weighted by Gasteiger charge is 2.26. The van der Waals surface area contributed by atoms with Crippen molar-refractivity contribution in [3.8, 4) is 0 Å². The number of rotatable bonds is 0. The molecule has 0 nitrogen and oxygen atoms in total. The van der Waals surface area contributed by atoms with E-state index in [1.54, 1.807) is 6.07 Å². The van der Waals surface area contributed by atoms with Gasteiger partial charge in [-0.15, -0.1) is 0 Å². The van der Waals surface area contributed by atoms with Gasteiger partial charge in [-0.05, 0) is 22.3 Å². The Balaban J connectivity index is 2.30. The highest BCUT2D eigenvalue weighted by atomic mass is 14.3. The van der Waals surface area contributed by atoms with Crippen molar-refractivity contribution in [2.75, 3.05) is 0 Å². The molecule has 2 unspecified atom stereocenters. The molecule has 2 atom stereocenters. The summed E-state index contributed by atoms with van der Waals surface area (Å²) < 4.78 is 16.0. The lowest BCUT2D eigenvalue weighted by Crippen LogP contribution is -2.14. The molecule has 0 heterocycles. The third kappa shape index (κ3) is 1.23. The van der Waals surface area contributed by atoms with Crippen molar-refractivity contribution in [2.24, 2.45) is 0 Å². The van der Waals surface area contributed by atoms with Crippen LogP contribution in [0.1, 0.15) is 50.7 Å². The predicted octanol–water partition coefficient (Wildman–Crippen LogP) is 4.30. The topological polar surface area (TPSA) is 0 Å². The molecule has 0 fully saturated rings. The fourth-order valence-corrected chi connectivity index (χ4v) is 2.77. The third-order valence-corrected chi connectivity index (χ3v) is 3.69. The lowest BCUT2D eigenvalue weighted by molar-refractivity contribution is 0.771. The van der Waals surface area contributed by atoms with E-state index < -0.39 is 0 Å². The Morgan fingerprint density at radius 3 is 2.00 bits per heavy atom. The first-order chi connectivity index (χ1) is 8.61. The van der Waals surface area contributed by atoms with Crippen molar-refractivity contribution in [3.05, 3.63) is 70.7 Å². The van der Waals surface area contributed by atoms with E-state index >= 15 is 0 Å². The zero-order valence-electron chi connectivity index (χ0n) is 11.6. The molecule has 0 bridgehead atoms. The van der Waals surface area contributed by atoms with Crippen LogP contribution in [0.15, 0.2) is 48.5 Å². The van der Waals surface area contributed by atoms with Crippen LogP contribution >= 0.6 is 0 Å². The molecule has 0 saturated carbocycles. The number of benzene rings is 2. The van der Waals surface area contributed by atoms with Crippen LogP contribution in [0, 0.1) is 0 Å². The first kappa shape index (κ1) is 7.67. The minimum Gasteiger partial charge on any atom is -0.0620 e. The average molecular weight is 210 g/mol. The normalized spacial score (nSPS) is 24.1. The van der Waals surface area contributed by atoms with Gasteiger partial charge in [-0.2, -0.15) is 0 Å². The summed E-state index contributed by atoms with van der Waals surface area (Å²) in [7, 11) is 0. The smallest absolute Gasteiger partial charge is 0.0620 e. The van der Waals surface area contributed by atoms with Crippen molar-refractivity contribution in [1.29, 1.82) is 0 Å². The van der Waals surface area contributed by atoms with E-state index in [1.165, 1.54) is 16.7 Å². The quantitative estimate of drug-likeness (QED) is 0.608. The van der Waals surface area contributed by atoms with Gasteiger partial charge in [0.25, 0.3) is 0 Å². The molecule has 0 N–H and O–H groups in total. The van der Waals surface area contributed by atoms with Crippen LogP contribution in [-0.4, -0.2) is 0 Å². The van der Waals surface area contributed by atoms with Gasteiger partial charge in [-0.25, -0.2) is 0 Å². The summed E-state index contributed by atoms with van der Waals surface area (Å²) in [6, 6.07) is 12.9. The first-order valence-electron chi connectivity index (χ1n) is 6.80. The van der Waals surface area contributed by atoms with Crippen molar-refractivity contribution >= 4 is 0 Å². The molecule has 0 radical (unpaired) electrons. The lowest BCUT2D eigenvalue weighted by Gasteiger charge is -2.30. The maximum absolute atomic E-state index is 8.15. The Kier molecular flexibility index (Phi) is 1.67. The molecule has 80 valence electrons. The summed E-state index contributed by atoms with van der Waals surface area (Å²) in [5.41, 5.74) is 4.90. The first-order valence-corrected chi connectivity index (χ1v) is 5.80. The van der Waals surface area contributed by atoms with Gasteiger partial charge in [0.15, 0.2) is 0 Å². The molecule has 3 rings (SSSR count). The fraction of sp³-hybridized carbons (Fsp3) is 0.250. The summed E-state index contributed by atoms with van der Waals surface area (Å²) >= 11 is 0. The van der Waals surface area contributed by atoms with E-state index in [0.717, 1.165) is 5.56 Å². The number of fused-ring (bicyclic) bond motifs is 2. The monoisotopic (exact) mass is 210 g/mol. The zero-order chi connectivity index (χ0) is 12.9. The Bertz CT molecular complexity index is 616. The maximum Gasteiger partial charge on any atom is 0.0626 e. The second-order valence-electron chi connectivity index (χ2n) is 4.54. The van der Waals surface area contributed by atoms with Crippen LogP contribution in [0.25, 0.3) is 0 Å². The van der Waals surface area contributed by atoms with Crippen molar-refractivity contribution < 1.29 is 2.74 Å². The highest BCUT2D eigenvalue weighted by molar-refractivity contribution is 5.51. The minimum absolute atomic E-state index is 0.213. The second-order valence-corrected chi connectivity index (χ2v) is 4.54. The largest absolute Gasteiger partial charge is 0.0626 e. The van der Waals surface area contributed by atoms with Crippen LogP contribution in [0.4, 0.5) is 0 Å². The van der Waals surface area contributed by atoms with E-state index in [0.29, 0.717) is 18.0 Å². The second kappa shape index (κ2) is 3.48. The molecule has 0 saturated heterocycles. The predicted molar refractivity (Wildman–Crippen MR) is 67.9 cm³/mol. The van der Waals surface area contributed by atoms with Crippen molar-refractivity contribution in [2.45, 2.75) is 25.7 Å².